The van der Waals surface area contributed by atoms with Crippen molar-refractivity contribution < 1.29 is 26.1 Å². The molecule has 0 bridgehead atoms. The number of halogens is 5. The molecular formula is C62H45BrCl2I2NO2-. The number of fused-ring (bicyclic) bond motifs is 6. The van der Waals surface area contributed by atoms with Crippen LogP contribution in [0.4, 0.5) is 17.1 Å². The molecule has 0 amide bonds. The number of hydrogen-bond acceptors (Lipinski definition) is 3. The van der Waals surface area contributed by atoms with Crippen molar-refractivity contribution in [3.8, 4) is 22.3 Å². The predicted molar refractivity (Wildman–Crippen MR) is 306 cm³/mol. The van der Waals surface area contributed by atoms with E-state index < -0.39 is 0 Å². The number of para-hydroxylation sites is 3. The maximum atomic E-state index is 6.18. The first kappa shape index (κ1) is 49.1. The molecule has 0 aliphatic heterocycles. The Morgan fingerprint density at radius 2 is 0.857 bits per heavy atom. The number of nitrogens with zero attached hydrogens (tertiary/aromatic N) is 1. The molecule has 10 aromatic carbocycles. The molecule has 8 heteroatoms. The topological polar surface area (TPSA) is 29.5 Å². The van der Waals surface area contributed by atoms with Gasteiger partial charge in [-0.3, -0.25) is 0 Å². The van der Waals surface area contributed by atoms with Crippen LogP contribution in [-0.2, 0) is 6.42 Å². The van der Waals surface area contributed by atoms with Crippen LogP contribution in [0.2, 0.25) is 10.0 Å². The minimum atomic E-state index is 0.560. The largest absolute Gasteiger partial charge is 0.456 e. The average molecular weight is 1240 g/mol. The number of furan rings is 2. The van der Waals surface area contributed by atoms with Crippen molar-refractivity contribution in [3.05, 3.63) is 268 Å². The fourth-order valence-corrected chi connectivity index (χ4v) is 9.02. The Bertz CT molecular complexity index is 3620. The molecule has 70 heavy (non-hydrogen) atoms. The third kappa shape index (κ3) is 12.2. The number of benzene rings is 10. The Morgan fingerprint density at radius 1 is 0.400 bits per heavy atom. The molecule has 0 aliphatic rings. The van der Waals surface area contributed by atoms with Gasteiger partial charge in [-0.15, -0.1) is 0 Å². The molecule has 2 aromatic heterocycles. The summed E-state index contributed by atoms with van der Waals surface area (Å²) in [6.07, 6.45) is 0.938. The first-order valence-corrected chi connectivity index (χ1v) is 32.5. The van der Waals surface area contributed by atoms with Gasteiger partial charge in [-0.2, -0.15) is 0 Å². The Morgan fingerprint density at radius 3 is 1.44 bits per heavy atom. The number of alkyl halides is 1. The van der Waals surface area contributed by atoms with Gasteiger partial charge in [0.1, 0.15) is 22.3 Å². The van der Waals surface area contributed by atoms with Crippen molar-refractivity contribution in [2.24, 2.45) is 0 Å². The van der Waals surface area contributed by atoms with Gasteiger partial charge >= 0.3 is 40.8 Å². The maximum Gasteiger partial charge on any atom is 0.137 e. The second-order valence-electron chi connectivity index (χ2n) is 16.3. The van der Waals surface area contributed by atoms with Gasteiger partial charge in [-0.05, 0) is 131 Å². The zero-order chi connectivity index (χ0) is 48.2. The van der Waals surface area contributed by atoms with Crippen LogP contribution in [0.15, 0.2) is 256 Å². The first-order valence-electron chi connectivity index (χ1n) is 22.5. The molecule has 0 fully saturated rings. The van der Waals surface area contributed by atoms with Crippen LogP contribution in [0.3, 0.4) is 0 Å². The summed E-state index contributed by atoms with van der Waals surface area (Å²) in [5.74, 6) is 0. The Balaban J connectivity index is 0.000000139. The van der Waals surface area contributed by atoms with Crippen molar-refractivity contribution in [2.75, 3.05) is 9.83 Å². The number of hydrogen-bond donors (Lipinski definition) is 0. The van der Waals surface area contributed by atoms with Crippen LogP contribution in [0, 0.1) is 0 Å². The summed E-state index contributed by atoms with van der Waals surface area (Å²) < 4.78 is 13.2. The van der Waals surface area contributed by atoms with E-state index in [9.17, 15) is 0 Å². The minimum absolute atomic E-state index is 0.560. The summed E-state index contributed by atoms with van der Waals surface area (Å²) in [7, 11) is 0. The van der Waals surface area contributed by atoms with E-state index in [1.807, 2.05) is 91.0 Å². The van der Waals surface area contributed by atoms with Crippen LogP contribution in [0.5, 0.6) is 0 Å². The summed E-state index contributed by atoms with van der Waals surface area (Å²) in [6, 6.07) is 82.8. The van der Waals surface area contributed by atoms with Crippen molar-refractivity contribution in [1.29, 1.82) is 0 Å². The molecule has 0 saturated carbocycles. The molecule has 12 aromatic rings. The molecule has 0 radical (unpaired) electrons. The van der Waals surface area contributed by atoms with Gasteiger partial charge in [0.25, 0.3) is 0 Å². The Hall–Kier alpha value is -5.88. The van der Waals surface area contributed by atoms with Crippen molar-refractivity contribution in [3.63, 3.8) is 0 Å². The second kappa shape index (κ2) is 23.8. The van der Waals surface area contributed by atoms with Gasteiger partial charge in [0.15, 0.2) is 0 Å². The Kier molecular flexibility index (Phi) is 16.7. The van der Waals surface area contributed by atoms with Crippen molar-refractivity contribution >= 4 is 119 Å². The van der Waals surface area contributed by atoms with Gasteiger partial charge in [0.05, 0.1) is 0 Å². The van der Waals surface area contributed by atoms with Crippen LogP contribution < -0.4 is 22.1 Å². The van der Waals surface area contributed by atoms with E-state index in [0.717, 1.165) is 82.2 Å². The minimum Gasteiger partial charge on any atom is -0.456 e. The van der Waals surface area contributed by atoms with Crippen LogP contribution in [0.25, 0.3) is 66.1 Å². The van der Waals surface area contributed by atoms with E-state index in [4.69, 9.17) is 32.0 Å². The smallest absolute Gasteiger partial charge is 0.137 e. The fourth-order valence-electron chi connectivity index (χ4n) is 8.37. The summed E-state index contributed by atoms with van der Waals surface area (Å²) >= 11 is 18.3. The number of rotatable bonds is 7. The van der Waals surface area contributed by atoms with E-state index in [0.29, 0.717) is 17.2 Å². The zero-order valence-corrected chi connectivity index (χ0v) is 45.4. The van der Waals surface area contributed by atoms with E-state index in [2.05, 4.69) is 196 Å². The van der Waals surface area contributed by atoms with Crippen LogP contribution in [0.1, 0.15) is 11.1 Å². The quantitative estimate of drug-likeness (QED) is 0.118. The predicted octanol–water partition coefficient (Wildman–Crippen LogP) is 17.4. The van der Waals surface area contributed by atoms with Gasteiger partial charge in [-0.25, -0.2) is 0 Å². The van der Waals surface area contributed by atoms with E-state index >= 15 is 0 Å². The molecule has 0 aliphatic carbocycles. The van der Waals surface area contributed by atoms with Crippen molar-refractivity contribution in [2.45, 2.75) is 6.42 Å². The third-order valence-electron chi connectivity index (χ3n) is 11.6. The monoisotopic (exact) mass is 1240 g/mol. The summed E-state index contributed by atoms with van der Waals surface area (Å²) in [5.41, 5.74) is 14.1. The van der Waals surface area contributed by atoms with Crippen LogP contribution in [-0.4, -0.2) is 4.93 Å². The molecule has 346 valence electrons. The molecule has 3 nitrogen and oxygen atoms in total. The molecule has 0 N–H and O–H groups in total. The van der Waals surface area contributed by atoms with Gasteiger partial charge < -0.3 is 13.7 Å². The molecule has 0 spiro atoms. The second-order valence-corrected chi connectivity index (χ2v) is 24.3. The zero-order valence-electron chi connectivity index (χ0n) is 38.0. The fraction of sp³-hybridized carbons (Fsp3) is 0.0323. The number of anilines is 3. The molecule has 0 saturated heterocycles. The van der Waals surface area contributed by atoms with Gasteiger partial charge in [0.2, 0.25) is 0 Å². The molecule has 0 unspecified atom stereocenters. The first-order chi connectivity index (χ1) is 34.3. The molecular weight excluding hydrogens is 1200 g/mol. The molecule has 2 heterocycles. The average Bonchev–Trinajstić information content (AvgIpc) is 3.96. The third-order valence-corrected chi connectivity index (χ3v) is 12.6. The SMILES string of the molecule is C[I-]I.Clc1ccc(-c2cccc(Br)c2)cc1.Clc1ccc(-c2cccc(N(c3ccccc3)c3ccc4c(c3)oc3ccccc34)c2)cc1.c1ccc(Cc2ccc3c(c2)oc2ccccc23)cc1. The summed E-state index contributed by atoms with van der Waals surface area (Å²) in [5, 5.41) is 6.14. The normalized spacial score (nSPS) is 10.8. The summed E-state index contributed by atoms with van der Waals surface area (Å²) in [4.78, 5) is 4.48. The van der Waals surface area contributed by atoms with Gasteiger partial charge in [0, 0.05) is 59.2 Å². The van der Waals surface area contributed by atoms with Gasteiger partial charge in [-0.1, -0.05) is 185 Å². The van der Waals surface area contributed by atoms with Crippen molar-refractivity contribution in [1.82, 2.24) is 0 Å². The Labute approximate surface area is 447 Å². The van der Waals surface area contributed by atoms with Crippen LogP contribution >= 0.6 is 57.7 Å². The van der Waals surface area contributed by atoms with E-state index in [1.54, 1.807) is 0 Å². The molecule has 0 atom stereocenters. The standard InChI is InChI=1S/C30H20ClNO.C19H14O.C12H8BrCl.CH3I2/c31-23-15-13-21(14-16-23)22-7-6-10-25(19-22)32(24-8-2-1-3-9-24)26-17-18-28-27-11-4-5-12-29(27)33-30(28)20-26;1-2-6-14(7-3-1)12-15-10-11-17-16-8-4-5-9-18(16)20-19(17)13-15;13-11-3-1-2-10(8-11)9-4-6-12(14)7-5-9;1-3-2/h1-20H;1-11,13H,12H2;1-8H;1H3/q;;;-1. The summed E-state index contributed by atoms with van der Waals surface area (Å²) in [6.45, 7) is 0. The molecule has 12 rings (SSSR count). The van der Waals surface area contributed by atoms with E-state index in [-0.39, 0.29) is 0 Å². The van der Waals surface area contributed by atoms with E-state index in [1.165, 1.54) is 33.0 Å². The maximum absolute atomic E-state index is 6.18.